The minimum atomic E-state index is -0.708. The van der Waals surface area contributed by atoms with Crippen molar-refractivity contribution in [2.45, 2.75) is 38.4 Å². The summed E-state index contributed by atoms with van der Waals surface area (Å²) in [7, 11) is 1.57. The molecule has 1 aliphatic rings. The van der Waals surface area contributed by atoms with E-state index >= 15 is 0 Å². The third-order valence-corrected chi connectivity index (χ3v) is 4.93. The van der Waals surface area contributed by atoms with Gasteiger partial charge in [0.2, 0.25) is 0 Å². The fraction of sp³-hybridized carbons (Fsp3) is 0.391. The van der Waals surface area contributed by atoms with Crippen molar-refractivity contribution in [3.8, 4) is 11.5 Å². The van der Waals surface area contributed by atoms with Gasteiger partial charge in [0.15, 0.2) is 6.10 Å². The molecule has 1 fully saturated rings. The van der Waals surface area contributed by atoms with E-state index in [0.29, 0.717) is 35.7 Å². The van der Waals surface area contributed by atoms with E-state index in [9.17, 15) is 9.59 Å². The number of ether oxygens (including phenoxy) is 3. The first-order valence-electron chi connectivity index (χ1n) is 10.2. The van der Waals surface area contributed by atoms with Crippen molar-refractivity contribution in [2.75, 3.05) is 25.6 Å². The normalized spacial score (nSPS) is 16.5. The molecule has 0 aliphatic carbocycles. The summed E-state index contributed by atoms with van der Waals surface area (Å²) in [6.07, 6.45) is 1.77. The van der Waals surface area contributed by atoms with Gasteiger partial charge in [0.05, 0.1) is 24.5 Å². The van der Waals surface area contributed by atoms with Crippen molar-refractivity contribution in [3.63, 3.8) is 0 Å². The summed E-state index contributed by atoms with van der Waals surface area (Å²) >= 11 is 0. The van der Waals surface area contributed by atoms with Gasteiger partial charge in [-0.25, -0.2) is 0 Å². The largest absolute Gasteiger partial charge is 0.497 e. The Hall–Kier alpha value is -3.06. The average Bonchev–Trinajstić information content (AvgIpc) is 3.30. The molecule has 0 radical (unpaired) electrons. The maximum absolute atomic E-state index is 12.8. The zero-order valence-electron chi connectivity index (χ0n) is 17.4. The van der Waals surface area contributed by atoms with E-state index in [4.69, 9.17) is 14.2 Å². The van der Waals surface area contributed by atoms with Gasteiger partial charge in [-0.2, -0.15) is 0 Å². The smallest absolute Gasteiger partial charge is 0.265 e. The van der Waals surface area contributed by atoms with Crippen LogP contribution in [0.25, 0.3) is 0 Å². The first-order valence-corrected chi connectivity index (χ1v) is 10.2. The molecule has 1 aliphatic heterocycles. The van der Waals surface area contributed by atoms with E-state index in [1.165, 1.54) is 0 Å². The maximum atomic E-state index is 12.8. The van der Waals surface area contributed by atoms with Gasteiger partial charge in [-0.05, 0) is 43.5 Å². The van der Waals surface area contributed by atoms with Crippen molar-refractivity contribution in [2.24, 2.45) is 0 Å². The SMILES string of the molecule is CCC(Oc1cccc(OC)c1)C(=O)Nc1ccccc1C(=O)NCC1CCCO1. The zero-order valence-corrected chi connectivity index (χ0v) is 17.4. The molecule has 0 saturated carbocycles. The molecule has 7 heteroatoms. The quantitative estimate of drug-likeness (QED) is 0.659. The molecule has 2 atom stereocenters. The number of nitrogens with one attached hydrogen (secondary N) is 2. The lowest BCUT2D eigenvalue weighted by molar-refractivity contribution is -0.122. The number of benzene rings is 2. The summed E-state index contributed by atoms with van der Waals surface area (Å²) in [6, 6.07) is 14.0. The van der Waals surface area contributed by atoms with Crippen molar-refractivity contribution < 1.29 is 23.8 Å². The molecule has 2 amide bonds. The van der Waals surface area contributed by atoms with Crippen molar-refractivity contribution >= 4 is 17.5 Å². The van der Waals surface area contributed by atoms with E-state index in [-0.39, 0.29) is 17.9 Å². The van der Waals surface area contributed by atoms with Crippen molar-refractivity contribution in [1.29, 1.82) is 0 Å². The fourth-order valence-corrected chi connectivity index (χ4v) is 3.27. The lowest BCUT2D eigenvalue weighted by Gasteiger charge is -2.19. The van der Waals surface area contributed by atoms with E-state index < -0.39 is 6.10 Å². The van der Waals surface area contributed by atoms with Crippen LogP contribution in [0.1, 0.15) is 36.5 Å². The standard InChI is InChI=1S/C23H28N2O5/c1-3-21(30-17-9-6-8-16(14-17)28-2)23(27)25-20-12-5-4-11-19(20)22(26)24-15-18-10-7-13-29-18/h4-6,8-9,11-12,14,18,21H,3,7,10,13,15H2,1-2H3,(H,24,26)(H,25,27). The van der Waals surface area contributed by atoms with Crippen LogP contribution >= 0.6 is 0 Å². The number of carbonyl (C=O) groups is 2. The van der Waals surface area contributed by atoms with E-state index in [1.54, 1.807) is 55.6 Å². The summed E-state index contributed by atoms with van der Waals surface area (Å²) < 4.78 is 16.6. The fourth-order valence-electron chi connectivity index (χ4n) is 3.27. The van der Waals surface area contributed by atoms with Crippen LogP contribution in [0.5, 0.6) is 11.5 Å². The Balaban J connectivity index is 1.65. The predicted molar refractivity (Wildman–Crippen MR) is 114 cm³/mol. The number of hydrogen-bond acceptors (Lipinski definition) is 5. The number of para-hydroxylation sites is 1. The first-order chi connectivity index (χ1) is 14.6. The minimum absolute atomic E-state index is 0.0523. The van der Waals surface area contributed by atoms with Gasteiger partial charge < -0.3 is 24.8 Å². The Labute approximate surface area is 176 Å². The summed E-state index contributed by atoms with van der Waals surface area (Å²) in [5.41, 5.74) is 0.847. The molecule has 1 heterocycles. The molecule has 3 rings (SSSR count). The molecular formula is C23H28N2O5. The van der Waals surface area contributed by atoms with Gasteiger partial charge in [0, 0.05) is 19.2 Å². The molecule has 30 heavy (non-hydrogen) atoms. The Morgan fingerprint density at radius 2 is 1.97 bits per heavy atom. The Morgan fingerprint density at radius 1 is 1.17 bits per heavy atom. The number of rotatable bonds is 9. The second kappa shape index (κ2) is 10.6. The predicted octanol–water partition coefficient (Wildman–Crippen LogP) is 3.40. The lowest BCUT2D eigenvalue weighted by Crippen LogP contribution is -2.35. The van der Waals surface area contributed by atoms with Crippen LogP contribution in [0.3, 0.4) is 0 Å². The van der Waals surface area contributed by atoms with Gasteiger partial charge in [-0.3, -0.25) is 9.59 Å². The zero-order chi connectivity index (χ0) is 21.3. The molecule has 1 saturated heterocycles. The third-order valence-electron chi connectivity index (χ3n) is 4.93. The van der Waals surface area contributed by atoms with E-state index in [2.05, 4.69) is 10.6 Å². The van der Waals surface area contributed by atoms with E-state index in [0.717, 1.165) is 19.4 Å². The van der Waals surface area contributed by atoms with Crippen LogP contribution in [0.15, 0.2) is 48.5 Å². The lowest BCUT2D eigenvalue weighted by atomic mass is 10.1. The highest BCUT2D eigenvalue weighted by Crippen LogP contribution is 2.22. The summed E-state index contributed by atoms with van der Waals surface area (Å²) in [5, 5.41) is 5.72. The number of methoxy groups -OCH3 is 1. The summed E-state index contributed by atoms with van der Waals surface area (Å²) in [5.74, 6) is 0.623. The maximum Gasteiger partial charge on any atom is 0.265 e. The minimum Gasteiger partial charge on any atom is -0.497 e. The molecule has 160 valence electrons. The topological polar surface area (TPSA) is 85.9 Å². The summed E-state index contributed by atoms with van der Waals surface area (Å²) in [6.45, 7) is 3.06. The van der Waals surface area contributed by atoms with Crippen molar-refractivity contribution in [1.82, 2.24) is 5.32 Å². The molecule has 2 N–H and O–H groups in total. The average molecular weight is 412 g/mol. The number of hydrogen-bond donors (Lipinski definition) is 2. The van der Waals surface area contributed by atoms with Crippen LogP contribution in [-0.2, 0) is 9.53 Å². The molecule has 0 aromatic heterocycles. The van der Waals surface area contributed by atoms with Crippen LogP contribution < -0.4 is 20.1 Å². The van der Waals surface area contributed by atoms with Crippen molar-refractivity contribution in [3.05, 3.63) is 54.1 Å². The Bertz CT molecular complexity index is 864. The van der Waals surface area contributed by atoms with Gasteiger partial charge in [-0.1, -0.05) is 25.1 Å². The molecule has 2 aromatic rings. The van der Waals surface area contributed by atoms with Gasteiger partial charge >= 0.3 is 0 Å². The monoisotopic (exact) mass is 412 g/mol. The number of amides is 2. The first kappa shape index (κ1) is 21.6. The Kier molecular flexibility index (Phi) is 7.68. The van der Waals surface area contributed by atoms with Crippen LogP contribution in [-0.4, -0.2) is 44.3 Å². The number of carbonyl (C=O) groups excluding carboxylic acids is 2. The third kappa shape index (κ3) is 5.73. The highest BCUT2D eigenvalue weighted by atomic mass is 16.5. The molecule has 2 unspecified atom stereocenters. The summed E-state index contributed by atoms with van der Waals surface area (Å²) in [4.78, 5) is 25.5. The van der Waals surface area contributed by atoms with Gasteiger partial charge in [0.25, 0.3) is 11.8 Å². The highest BCUT2D eigenvalue weighted by molar-refractivity contribution is 6.04. The van der Waals surface area contributed by atoms with Crippen LogP contribution in [0, 0.1) is 0 Å². The van der Waals surface area contributed by atoms with Gasteiger partial charge in [-0.15, -0.1) is 0 Å². The molecule has 2 aromatic carbocycles. The van der Waals surface area contributed by atoms with Crippen LogP contribution in [0.2, 0.25) is 0 Å². The highest BCUT2D eigenvalue weighted by Gasteiger charge is 2.22. The van der Waals surface area contributed by atoms with Crippen LogP contribution in [0.4, 0.5) is 5.69 Å². The molecule has 7 nitrogen and oxygen atoms in total. The second-order valence-electron chi connectivity index (χ2n) is 7.07. The molecule has 0 bridgehead atoms. The van der Waals surface area contributed by atoms with Gasteiger partial charge in [0.1, 0.15) is 11.5 Å². The molecule has 0 spiro atoms. The number of anilines is 1. The Morgan fingerprint density at radius 3 is 2.70 bits per heavy atom. The molecular weight excluding hydrogens is 384 g/mol. The van der Waals surface area contributed by atoms with E-state index in [1.807, 2.05) is 6.92 Å². The second-order valence-corrected chi connectivity index (χ2v) is 7.07.